The number of fused-ring (bicyclic) bond motifs is 8. The van der Waals surface area contributed by atoms with Gasteiger partial charge in [0, 0.05) is 140 Å². The molecule has 3 fully saturated rings. The molecule has 8 aromatic heterocycles. The molecular weight excluding hydrogens is 1810 g/mol. The topological polar surface area (TPSA) is 513 Å². The molecule has 16 heterocycles. The average Bonchev–Trinajstić information content (AvgIpc) is 1.63. The van der Waals surface area contributed by atoms with Crippen LogP contribution in [0.25, 0.3) is 44.3 Å². The summed E-state index contributed by atoms with van der Waals surface area (Å²) < 4.78 is 22.2. The van der Waals surface area contributed by atoms with E-state index < -0.39 is 35.8 Å². The molecule has 0 amide bonds. The Labute approximate surface area is 812 Å². The van der Waals surface area contributed by atoms with Crippen molar-refractivity contribution in [3.8, 4) is 44.8 Å². The standard InChI is InChI=1S/C19H18N4O3.C18H18N4O4.C17H24N4O2.C16H22N4O2.C15H16N4O2S.C14H18N4O3/c1-10(2)23(3)18-16(15-8-11-6-4-5-7-14(11)26-15)22-17-12(21-18)9-13(20-17)19(24)25;1-9(2)22(3)17-15(10-4-5-13-14(6-10)26-8-25-13)21-16-11(20-17)7-12(19-16)18(23)24;1-10(2)21(3)16-14(11-7-5-4-6-8-11)20-15-12(19-16)9-13(18-15)17(22)23;1-9(2)20(3)15-13(10-6-4-5-7-10)19-14-11(18-15)8-12(17-14)16(21)22;1-8(2)19(3)14-12(11-5-4-6-22-11)18-13-9(17-14)7-10(16-13)15(20)21;1-8(2)11-13(18-3-5-21-6-4-18)16-9-7-10(14(19)20)15-12(9)17-11/h4-8,10H,9H2,1-3H3,(H,24,25);4-6,9H,7-8H2,1-3H3,(H,23,24);10-11H,4-9H2,1-3H3,(H,22,23);9-10H,4-8H2,1-3H3,(H,21,22);4-6,8H,7H2,1-3H3,(H,20,21);8H,3-7H2,1-2H3,(H,19,20). The third-order valence-corrected chi connectivity index (χ3v) is 26.7. The fourth-order valence-electron chi connectivity index (χ4n) is 16.8. The first kappa shape index (κ1) is 99.8. The van der Waals surface area contributed by atoms with Gasteiger partial charge in [-0.15, -0.1) is 11.3 Å². The van der Waals surface area contributed by atoms with Crippen LogP contribution in [0.4, 0.5) is 69.8 Å². The molecule has 8 aliphatic heterocycles. The first-order valence-corrected chi connectivity index (χ1v) is 47.9. The van der Waals surface area contributed by atoms with Gasteiger partial charge in [-0.05, 0) is 143 Å². The van der Waals surface area contributed by atoms with Crippen molar-refractivity contribution in [2.24, 2.45) is 30.0 Å². The number of hydrogen-bond donors (Lipinski definition) is 6. The smallest absolute Gasteiger partial charge is 0.350 e. The zero-order valence-corrected chi connectivity index (χ0v) is 82.3. The zero-order chi connectivity index (χ0) is 100. The maximum absolute atomic E-state index is 11.3. The molecule has 140 heavy (non-hydrogen) atoms. The Hall–Kier alpha value is -14.6. The number of nitrogens with zero attached hydrogens (tertiary/aromatic N) is 24. The number of carboxylic acid groups (broad SMARTS) is 6. The predicted molar refractivity (Wildman–Crippen MR) is 535 cm³/mol. The molecule has 20 rings (SSSR count). The van der Waals surface area contributed by atoms with Crippen LogP contribution in [0.5, 0.6) is 11.5 Å². The van der Waals surface area contributed by atoms with Gasteiger partial charge in [0.25, 0.3) is 0 Å². The molecule has 0 unspecified atom stereocenters. The van der Waals surface area contributed by atoms with Crippen molar-refractivity contribution in [2.75, 3.05) is 97.7 Å². The van der Waals surface area contributed by atoms with Crippen molar-refractivity contribution < 1.29 is 78.0 Å². The molecule has 10 aliphatic rings. The molecule has 0 spiro atoms. The van der Waals surface area contributed by atoms with E-state index in [2.05, 4.69) is 163 Å². The number of hydrogen-bond acceptors (Lipinski definition) is 35. The number of para-hydroxylation sites is 1. The lowest BCUT2D eigenvalue weighted by molar-refractivity contribution is -0.130. The highest BCUT2D eigenvalue weighted by molar-refractivity contribution is 7.13. The molecule has 10 aromatic rings. The number of ether oxygens (including phenoxy) is 3. The second-order valence-electron chi connectivity index (χ2n) is 37.1. The summed E-state index contributed by atoms with van der Waals surface area (Å²) in [5, 5.41) is 57.9. The summed E-state index contributed by atoms with van der Waals surface area (Å²) in [5.41, 5.74) is 10.8. The summed E-state index contributed by atoms with van der Waals surface area (Å²) in [6, 6.07) is 20.4. The number of carboxylic acids is 6. The Balaban J connectivity index is 0.000000127. The molecule has 40 nitrogen and oxygen atoms in total. The van der Waals surface area contributed by atoms with E-state index in [1.165, 1.54) is 32.1 Å². The van der Waals surface area contributed by atoms with Gasteiger partial charge in [-0.2, -0.15) is 0 Å². The van der Waals surface area contributed by atoms with Crippen LogP contribution in [0.2, 0.25) is 0 Å². The summed E-state index contributed by atoms with van der Waals surface area (Å²) >= 11 is 1.58. The first-order chi connectivity index (χ1) is 66.8. The lowest BCUT2D eigenvalue weighted by atomic mass is 9.86. The molecule has 2 aliphatic carbocycles. The van der Waals surface area contributed by atoms with Crippen LogP contribution < -0.4 is 38.9 Å². The Morgan fingerprint density at radius 1 is 0.386 bits per heavy atom. The number of aliphatic carboxylic acids is 6. The number of carbonyl (C=O) groups is 6. The van der Waals surface area contributed by atoms with Gasteiger partial charge in [0.05, 0.1) is 69.3 Å². The number of morpholine rings is 1. The highest BCUT2D eigenvalue weighted by Gasteiger charge is 2.37. The Bertz CT molecular complexity index is 6610. The van der Waals surface area contributed by atoms with Gasteiger partial charge in [0.1, 0.15) is 51.2 Å². The maximum atomic E-state index is 11.3. The summed E-state index contributed by atoms with van der Waals surface area (Å²) in [5.74, 6) is 4.16. The molecule has 6 N–H and O–H groups in total. The van der Waals surface area contributed by atoms with Crippen molar-refractivity contribution in [3.05, 3.63) is 117 Å². The lowest BCUT2D eigenvalue weighted by Gasteiger charge is -2.30. The number of aromatic nitrogens is 12. The van der Waals surface area contributed by atoms with Crippen LogP contribution in [-0.2, 0) is 72.0 Å². The lowest BCUT2D eigenvalue weighted by Crippen LogP contribution is -2.37. The van der Waals surface area contributed by atoms with Crippen LogP contribution in [0.1, 0.15) is 210 Å². The first-order valence-electron chi connectivity index (χ1n) is 47.0. The third kappa shape index (κ3) is 22.1. The maximum Gasteiger partial charge on any atom is 0.350 e. The van der Waals surface area contributed by atoms with Crippen LogP contribution in [-0.4, -0.2) is 259 Å². The number of aliphatic imine (C=N–C) groups is 6. The van der Waals surface area contributed by atoms with Crippen molar-refractivity contribution in [3.63, 3.8) is 0 Å². The number of thiophene rings is 1. The molecule has 1 saturated heterocycles. The fraction of sp³-hybridized carbons (Fsp3) is 0.455. The Morgan fingerprint density at radius 3 is 1.16 bits per heavy atom. The van der Waals surface area contributed by atoms with Gasteiger partial charge in [-0.25, -0.2) is 119 Å². The highest BCUT2D eigenvalue weighted by Crippen LogP contribution is 2.46. The number of rotatable bonds is 23. The largest absolute Gasteiger partial charge is 0.477 e. The predicted octanol–water partition coefficient (Wildman–Crippen LogP) is 15.6. The quantitative estimate of drug-likeness (QED) is 0.0346. The number of anilines is 6. The molecule has 0 atom stereocenters. The summed E-state index contributed by atoms with van der Waals surface area (Å²) in [6.45, 7) is 28.0. The van der Waals surface area contributed by atoms with Gasteiger partial charge in [-0.3, -0.25) is 0 Å². The van der Waals surface area contributed by atoms with E-state index in [-0.39, 0.29) is 104 Å². The normalized spacial score (nSPS) is 15.6. The molecule has 0 radical (unpaired) electrons. The second-order valence-corrected chi connectivity index (χ2v) is 38.1. The van der Waals surface area contributed by atoms with Gasteiger partial charge < -0.3 is 78.7 Å². The van der Waals surface area contributed by atoms with Crippen molar-refractivity contribution in [1.29, 1.82) is 0 Å². The van der Waals surface area contributed by atoms with E-state index in [1.807, 2.05) is 116 Å². The van der Waals surface area contributed by atoms with E-state index >= 15 is 0 Å². The van der Waals surface area contributed by atoms with E-state index in [0.717, 1.165) is 106 Å². The van der Waals surface area contributed by atoms with Crippen LogP contribution in [0, 0.1) is 0 Å². The van der Waals surface area contributed by atoms with Crippen LogP contribution >= 0.6 is 11.3 Å². The summed E-state index contributed by atoms with van der Waals surface area (Å²) in [7, 11) is 9.88. The van der Waals surface area contributed by atoms with Gasteiger partial charge in [0.2, 0.25) is 6.79 Å². The van der Waals surface area contributed by atoms with E-state index in [9.17, 15) is 44.1 Å². The van der Waals surface area contributed by atoms with Crippen molar-refractivity contribution in [1.82, 2.24) is 59.8 Å². The summed E-state index contributed by atoms with van der Waals surface area (Å²) in [4.78, 5) is 161. The monoisotopic (exact) mass is 1930 g/mol. The average molecular weight is 1930 g/mol. The molecule has 41 heteroatoms. The minimum absolute atomic E-state index is 0.0555. The van der Waals surface area contributed by atoms with Gasteiger partial charge in [-0.1, -0.05) is 70.2 Å². The van der Waals surface area contributed by atoms with Crippen LogP contribution in [0.15, 0.2) is 100 Å². The fourth-order valence-corrected chi connectivity index (χ4v) is 17.5. The van der Waals surface area contributed by atoms with Gasteiger partial charge >= 0.3 is 35.8 Å². The second kappa shape index (κ2) is 42.8. The zero-order valence-electron chi connectivity index (χ0n) is 81.5. The molecule has 2 aromatic carbocycles. The van der Waals surface area contributed by atoms with E-state index in [1.54, 1.807) is 11.3 Å². The third-order valence-electron chi connectivity index (χ3n) is 25.8. The Morgan fingerprint density at radius 2 is 0.750 bits per heavy atom. The van der Waals surface area contributed by atoms with Crippen molar-refractivity contribution >= 4 is 162 Å². The number of benzene rings is 2. The van der Waals surface area contributed by atoms with E-state index in [0.29, 0.717) is 146 Å². The molecule has 0 bridgehead atoms. The Kier molecular flexibility index (Phi) is 30.5. The minimum Gasteiger partial charge on any atom is -0.477 e. The minimum atomic E-state index is -1.05. The molecule has 2 saturated carbocycles. The number of furan rings is 1. The van der Waals surface area contributed by atoms with Crippen LogP contribution in [0.3, 0.4) is 0 Å². The SMILES string of the molecule is CC(C)N(C)c1nc2c(nc1-c1cc3ccccc3o1)N=C(C(=O)O)C2.CC(C)N(C)c1nc2c(nc1-c1ccc3c(c1)OCO3)N=C(C(=O)O)C2.CC(C)N(C)c1nc2c(nc1-c1cccs1)N=C(C(=O)O)C2.CC(C)N(C)c1nc2c(nc1C1CCCC1)N=C(C(=O)O)C2.CC(C)N(C)c1nc2c(nc1C1CCCCC1)N=C(C(=O)O)C2.CC(C)c1nc2c(nc1N1CCOCC1)CC(C(=O)O)=N2. The highest BCUT2D eigenvalue weighted by atomic mass is 32.1. The summed E-state index contributed by atoms with van der Waals surface area (Å²) in [6.07, 6.45) is 12.0. The van der Waals surface area contributed by atoms with E-state index in [4.69, 9.17) is 58.9 Å². The van der Waals surface area contributed by atoms with Gasteiger partial charge in [0.15, 0.2) is 92.8 Å². The molecular formula is C99H116N24O16S. The molecule has 734 valence electrons. The van der Waals surface area contributed by atoms with Crippen molar-refractivity contribution in [2.45, 2.75) is 227 Å².